The minimum Gasteiger partial charge on any atom is -0.538 e. The predicted octanol–water partition coefficient (Wildman–Crippen LogP) is -1.19. The van der Waals surface area contributed by atoms with E-state index in [1.165, 1.54) is 0 Å². The first kappa shape index (κ1) is 5.20. The van der Waals surface area contributed by atoms with Crippen LogP contribution in [0.15, 0.2) is 0 Å². The van der Waals surface area contributed by atoms with Crippen molar-refractivity contribution in [3.8, 4) is 0 Å². The van der Waals surface area contributed by atoms with Crippen LogP contribution in [0.1, 0.15) is 0 Å². The van der Waals surface area contributed by atoms with Gasteiger partial charge in [0, 0.05) is 0 Å². The SMILES string of the molecule is [B]OC(=O)C=O. The van der Waals surface area contributed by atoms with Gasteiger partial charge in [-0.05, 0) is 0 Å². The summed E-state index contributed by atoms with van der Waals surface area (Å²) in [5.74, 6) is -1.06. The van der Waals surface area contributed by atoms with Crippen LogP contribution in [0, 0.1) is 0 Å². The third kappa shape index (κ3) is 1.52. The zero-order valence-corrected chi connectivity index (χ0v) is 2.88. The van der Waals surface area contributed by atoms with E-state index in [-0.39, 0.29) is 6.29 Å². The highest BCUT2D eigenvalue weighted by atomic mass is 16.5. The van der Waals surface area contributed by atoms with Crippen LogP contribution in [-0.2, 0) is 14.2 Å². The average molecular weight is 83.8 g/mol. The number of aldehydes is 1. The summed E-state index contributed by atoms with van der Waals surface area (Å²) in [6.45, 7) is 0. The molecule has 30 valence electrons. The van der Waals surface area contributed by atoms with Crippen molar-refractivity contribution in [2.45, 2.75) is 0 Å². The summed E-state index contributed by atoms with van der Waals surface area (Å²) in [5.41, 5.74) is 0. The monoisotopic (exact) mass is 84.0 g/mol. The van der Waals surface area contributed by atoms with Crippen molar-refractivity contribution in [2.75, 3.05) is 0 Å². The molecule has 4 heteroatoms. The molecule has 0 aromatic rings. The fraction of sp³-hybridized carbons (Fsp3) is 0. The lowest BCUT2D eigenvalue weighted by Gasteiger charge is -1.80. The van der Waals surface area contributed by atoms with Crippen molar-refractivity contribution in [2.24, 2.45) is 0 Å². The fourth-order valence-electron chi connectivity index (χ4n) is 0.0278. The van der Waals surface area contributed by atoms with Crippen LogP contribution < -0.4 is 0 Å². The Bertz CT molecular complexity index is 69.2. The van der Waals surface area contributed by atoms with Gasteiger partial charge in [0.05, 0.1) is 0 Å². The van der Waals surface area contributed by atoms with Gasteiger partial charge in [-0.2, -0.15) is 0 Å². The first-order chi connectivity index (χ1) is 2.81. The van der Waals surface area contributed by atoms with E-state index in [0.29, 0.717) is 0 Å². The van der Waals surface area contributed by atoms with Gasteiger partial charge in [0.1, 0.15) is 0 Å². The van der Waals surface area contributed by atoms with Gasteiger partial charge in [0.25, 0.3) is 0 Å². The lowest BCUT2D eigenvalue weighted by Crippen LogP contribution is -2.00. The van der Waals surface area contributed by atoms with Crippen molar-refractivity contribution in [3.05, 3.63) is 0 Å². The van der Waals surface area contributed by atoms with Gasteiger partial charge in [0.15, 0.2) is 0 Å². The maximum atomic E-state index is 9.47. The van der Waals surface area contributed by atoms with Crippen molar-refractivity contribution >= 4 is 20.3 Å². The predicted molar refractivity (Wildman–Crippen MR) is 17.9 cm³/mol. The number of hydrogen-bond acceptors (Lipinski definition) is 3. The molecule has 0 N–H and O–H groups in total. The number of hydrogen-bond donors (Lipinski definition) is 0. The fourth-order valence-corrected chi connectivity index (χ4v) is 0.0278. The molecule has 0 rings (SSSR count). The van der Waals surface area contributed by atoms with E-state index in [2.05, 4.69) is 12.7 Å². The van der Waals surface area contributed by atoms with Gasteiger partial charge >= 0.3 is 14.0 Å². The molecule has 0 aliphatic carbocycles. The van der Waals surface area contributed by atoms with Crippen molar-refractivity contribution < 1.29 is 14.2 Å². The molecule has 0 aliphatic heterocycles. The third-order valence-electron chi connectivity index (χ3n) is 0.212. The molecular formula is C2HBO3. The lowest BCUT2D eigenvalue weighted by atomic mass is 10.6. The molecule has 0 heterocycles. The number of carbonyl (C=O) groups is 2. The van der Waals surface area contributed by atoms with Gasteiger partial charge in [0.2, 0.25) is 6.29 Å². The highest BCUT2D eigenvalue weighted by molar-refractivity contribution is 6.26. The molecule has 2 radical (unpaired) electrons. The van der Waals surface area contributed by atoms with E-state index in [1.54, 1.807) is 0 Å². The second-order valence-corrected chi connectivity index (χ2v) is 0.555. The second kappa shape index (κ2) is 2.44. The van der Waals surface area contributed by atoms with Crippen molar-refractivity contribution in [1.82, 2.24) is 0 Å². The van der Waals surface area contributed by atoms with E-state index < -0.39 is 5.97 Å². The zero-order valence-electron chi connectivity index (χ0n) is 2.88. The first-order valence-electron chi connectivity index (χ1n) is 1.17. The second-order valence-electron chi connectivity index (χ2n) is 0.555. The summed E-state index contributed by atoms with van der Waals surface area (Å²) in [6, 6.07) is 0. The molecule has 0 unspecified atom stereocenters. The van der Waals surface area contributed by atoms with Crippen LogP contribution in [0.4, 0.5) is 0 Å². The summed E-state index contributed by atoms with van der Waals surface area (Å²) in [5, 5.41) is 0. The normalized spacial score (nSPS) is 6.67. The molecule has 3 nitrogen and oxygen atoms in total. The summed E-state index contributed by atoms with van der Waals surface area (Å²) in [6.07, 6.45) is -0.0139. The Morgan fingerprint density at radius 3 is 2.33 bits per heavy atom. The Labute approximate surface area is 35.7 Å². The van der Waals surface area contributed by atoms with Gasteiger partial charge in [-0.3, -0.25) is 4.79 Å². The van der Waals surface area contributed by atoms with Crippen molar-refractivity contribution in [1.29, 1.82) is 0 Å². The van der Waals surface area contributed by atoms with E-state index in [9.17, 15) is 9.59 Å². The molecule has 0 atom stereocenters. The molecule has 0 aromatic carbocycles. The minimum absolute atomic E-state index is 0.0139. The molecule has 0 saturated carbocycles. The van der Waals surface area contributed by atoms with E-state index >= 15 is 0 Å². The highest BCUT2D eigenvalue weighted by Gasteiger charge is 1.87. The van der Waals surface area contributed by atoms with Crippen LogP contribution in [0.25, 0.3) is 0 Å². The molecule has 0 aliphatic rings. The average Bonchev–Trinajstić information content (AvgIpc) is 1.65. The standard InChI is InChI=1S/C2HBO3/c3-6-2(5)1-4/h1H. The molecule has 0 saturated heterocycles. The molecular weight excluding hydrogens is 82.8 g/mol. The Balaban J connectivity index is 3.23. The minimum atomic E-state index is -1.06. The summed E-state index contributed by atoms with van der Waals surface area (Å²) >= 11 is 0. The van der Waals surface area contributed by atoms with Crippen LogP contribution in [0.5, 0.6) is 0 Å². The van der Waals surface area contributed by atoms with E-state index in [1.807, 2.05) is 0 Å². The highest BCUT2D eigenvalue weighted by Crippen LogP contribution is 1.56. The van der Waals surface area contributed by atoms with Crippen LogP contribution in [-0.4, -0.2) is 20.3 Å². The Morgan fingerprint density at radius 1 is 1.83 bits per heavy atom. The van der Waals surface area contributed by atoms with Gasteiger partial charge < -0.3 is 4.65 Å². The van der Waals surface area contributed by atoms with Gasteiger partial charge in [-0.1, -0.05) is 0 Å². The molecule has 0 fully saturated rings. The molecule has 0 amide bonds. The summed E-state index contributed by atoms with van der Waals surface area (Å²) < 4.78 is 3.39. The zero-order chi connectivity index (χ0) is 4.99. The maximum Gasteiger partial charge on any atom is 0.378 e. The Hall–Kier alpha value is -0.795. The smallest absolute Gasteiger partial charge is 0.378 e. The molecule has 6 heavy (non-hydrogen) atoms. The quantitative estimate of drug-likeness (QED) is 0.228. The van der Waals surface area contributed by atoms with Gasteiger partial charge in [-0.15, -0.1) is 0 Å². The van der Waals surface area contributed by atoms with Crippen LogP contribution in [0.2, 0.25) is 0 Å². The Kier molecular flexibility index (Phi) is 2.12. The lowest BCUT2D eigenvalue weighted by molar-refractivity contribution is -0.141. The van der Waals surface area contributed by atoms with Crippen LogP contribution in [0.3, 0.4) is 0 Å². The van der Waals surface area contributed by atoms with Crippen molar-refractivity contribution in [3.63, 3.8) is 0 Å². The molecule has 0 spiro atoms. The van der Waals surface area contributed by atoms with E-state index in [4.69, 9.17) is 0 Å². The largest absolute Gasteiger partial charge is 0.538 e. The Morgan fingerprint density at radius 2 is 2.33 bits per heavy atom. The van der Waals surface area contributed by atoms with Crippen LogP contribution >= 0.6 is 0 Å². The molecule has 0 aromatic heterocycles. The maximum absolute atomic E-state index is 9.47. The van der Waals surface area contributed by atoms with Gasteiger partial charge in [-0.25, -0.2) is 4.79 Å². The molecule has 0 bridgehead atoms. The van der Waals surface area contributed by atoms with E-state index in [0.717, 1.165) is 0 Å². The summed E-state index contributed by atoms with van der Waals surface area (Å²) in [7, 11) is 4.20. The summed E-state index contributed by atoms with van der Waals surface area (Å²) in [4.78, 5) is 18.6. The number of carbonyl (C=O) groups excluding carboxylic acids is 2. The topological polar surface area (TPSA) is 43.4 Å². The third-order valence-corrected chi connectivity index (χ3v) is 0.212. The first-order valence-corrected chi connectivity index (χ1v) is 1.17. The number of rotatable bonds is 1.